The predicted molar refractivity (Wildman–Crippen MR) is 68.3 cm³/mol. The first-order valence-electron chi connectivity index (χ1n) is 6.08. The molecule has 1 unspecified atom stereocenters. The topological polar surface area (TPSA) is 81.7 Å². The van der Waals surface area contributed by atoms with Crippen molar-refractivity contribution in [2.75, 3.05) is 0 Å². The van der Waals surface area contributed by atoms with Crippen molar-refractivity contribution in [2.24, 2.45) is 5.84 Å². The van der Waals surface area contributed by atoms with Gasteiger partial charge in [-0.25, -0.2) is 4.68 Å². The quantitative estimate of drug-likeness (QED) is 0.583. The van der Waals surface area contributed by atoms with Gasteiger partial charge in [0, 0.05) is 18.9 Å². The van der Waals surface area contributed by atoms with Crippen molar-refractivity contribution in [3.63, 3.8) is 0 Å². The Morgan fingerprint density at radius 2 is 2.33 bits per heavy atom. The molecule has 0 aliphatic rings. The molecule has 1 atom stereocenters. The first-order chi connectivity index (χ1) is 8.85. The SMILES string of the molecule is CCCn1nncc1C(Cc1cccnc1)NN. The fourth-order valence-corrected chi connectivity index (χ4v) is 1.92. The Kier molecular flexibility index (Phi) is 4.38. The third-order valence-corrected chi connectivity index (χ3v) is 2.80. The monoisotopic (exact) mass is 246 g/mol. The second-order valence-electron chi connectivity index (χ2n) is 4.17. The minimum absolute atomic E-state index is 0.00394. The molecule has 18 heavy (non-hydrogen) atoms. The second-order valence-corrected chi connectivity index (χ2v) is 4.17. The van der Waals surface area contributed by atoms with E-state index in [1.165, 1.54) is 0 Å². The van der Waals surface area contributed by atoms with Gasteiger partial charge in [0.05, 0.1) is 17.9 Å². The van der Waals surface area contributed by atoms with Crippen molar-refractivity contribution >= 4 is 0 Å². The Bertz CT molecular complexity index is 466. The number of hydrazine groups is 1. The van der Waals surface area contributed by atoms with Crippen molar-refractivity contribution in [2.45, 2.75) is 32.4 Å². The highest BCUT2D eigenvalue weighted by Crippen LogP contribution is 2.16. The zero-order valence-corrected chi connectivity index (χ0v) is 10.5. The predicted octanol–water partition coefficient (Wildman–Crippen LogP) is 0.830. The normalized spacial score (nSPS) is 12.6. The van der Waals surface area contributed by atoms with E-state index in [-0.39, 0.29) is 6.04 Å². The molecule has 0 radical (unpaired) electrons. The van der Waals surface area contributed by atoms with Crippen LogP contribution in [0.25, 0.3) is 0 Å². The third kappa shape index (κ3) is 2.91. The summed E-state index contributed by atoms with van der Waals surface area (Å²) in [7, 11) is 0. The molecule has 0 aromatic carbocycles. The number of hydrogen-bond acceptors (Lipinski definition) is 5. The lowest BCUT2D eigenvalue weighted by Crippen LogP contribution is -2.31. The maximum Gasteiger partial charge on any atom is 0.0773 e. The minimum atomic E-state index is -0.00394. The lowest BCUT2D eigenvalue weighted by molar-refractivity contribution is 0.473. The van der Waals surface area contributed by atoms with Crippen LogP contribution in [0.4, 0.5) is 0 Å². The molecule has 0 aliphatic heterocycles. The van der Waals surface area contributed by atoms with Gasteiger partial charge in [0.1, 0.15) is 0 Å². The summed E-state index contributed by atoms with van der Waals surface area (Å²) in [5.41, 5.74) is 4.96. The number of pyridine rings is 1. The Labute approximate surface area is 106 Å². The van der Waals surface area contributed by atoms with Gasteiger partial charge in [0.2, 0.25) is 0 Å². The molecule has 96 valence electrons. The minimum Gasteiger partial charge on any atom is -0.271 e. The fourth-order valence-electron chi connectivity index (χ4n) is 1.92. The Morgan fingerprint density at radius 1 is 1.44 bits per heavy atom. The summed E-state index contributed by atoms with van der Waals surface area (Å²) in [4.78, 5) is 4.11. The highest BCUT2D eigenvalue weighted by molar-refractivity contribution is 5.14. The first kappa shape index (κ1) is 12.7. The second kappa shape index (κ2) is 6.23. The zero-order valence-electron chi connectivity index (χ0n) is 10.5. The van der Waals surface area contributed by atoms with Crippen LogP contribution in [0.3, 0.4) is 0 Å². The van der Waals surface area contributed by atoms with Crippen molar-refractivity contribution in [1.29, 1.82) is 0 Å². The summed E-state index contributed by atoms with van der Waals surface area (Å²) in [6.45, 7) is 2.96. The number of nitrogens with zero attached hydrogens (tertiary/aromatic N) is 4. The van der Waals surface area contributed by atoms with E-state index >= 15 is 0 Å². The Morgan fingerprint density at radius 3 is 3.00 bits per heavy atom. The zero-order chi connectivity index (χ0) is 12.8. The first-order valence-corrected chi connectivity index (χ1v) is 6.08. The largest absolute Gasteiger partial charge is 0.271 e. The van der Waals surface area contributed by atoms with Gasteiger partial charge >= 0.3 is 0 Å². The van der Waals surface area contributed by atoms with E-state index in [0.717, 1.165) is 30.6 Å². The van der Waals surface area contributed by atoms with Crippen LogP contribution < -0.4 is 11.3 Å². The molecule has 2 heterocycles. The van der Waals surface area contributed by atoms with Gasteiger partial charge in [-0.3, -0.25) is 16.3 Å². The van der Waals surface area contributed by atoms with E-state index in [1.54, 1.807) is 12.4 Å². The van der Waals surface area contributed by atoms with Crippen LogP contribution in [-0.2, 0) is 13.0 Å². The van der Waals surface area contributed by atoms with E-state index in [1.807, 2.05) is 23.0 Å². The van der Waals surface area contributed by atoms with Crippen molar-refractivity contribution in [3.8, 4) is 0 Å². The summed E-state index contributed by atoms with van der Waals surface area (Å²) in [6.07, 6.45) is 7.15. The van der Waals surface area contributed by atoms with Gasteiger partial charge < -0.3 is 0 Å². The van der Waals surface area contributed by atoms with Gasteiger partial charge in [0.25, 0.3) is 0 Å². The van der Waals surface area contributed by atoms with Crippen LogP contribution in [-0.4, -0.2) is 20.0 Å². The molecule has 3 N–H and O–H groups in total. The van der Waals surface area contributed by atoms with Crippen LogP contribution in [0.5, 0.6) is 0 Å². The summed E-state index contributed by atoms with van der Waals surface area (Å²) in [5.74, 6) is 5.64. The molecule has 2 aromatic rings. The third-order valence-electron chi connectivity index (χ3n) is 2.80. The van der Waals surface area contributed by atoms with Crippen LogP contribution in [0, 0.1) is 0 Å². The molecule has 2 rings (SSSR count). The number of aromatic nitrogens is 4. The van der Waals surface area contributed by atoms with Gasteiger partial charge in [-0.05, 0) is 24.5 Å². The number of nitrogens with one attached hydrogen (secondary N) is 1. The molecule has 0 bridgehead atoms. The van der Waals surface area contributed by atoms with E-state index < -0.39 is 0 Å². The average Bonchev–Trinajstić information content (AvgIpc) is 2.86. The summed E-state index contributed by atoms with van der Waals surface area (Å²) < 4.78 is 1.89. The maximum atomic E-state index is 5.64. The Hall–Kier alpha value is -1.79. The highest BCUT2D eigenvalue weighted by atomic mass is 15.4. The van der Waals surface area contributed by atoms with Crippen molar-refractivity contribution in [1.82, 2.24) is 25.4 Å². The molecule has 6 nitrogen and oxygen atoms in total. The summed E-state index contributed by atoms with van der Waals surface area (Å²) in [5, 5.41) is 8.02. The molecule has 6 heteroatoms. The van der Waals surface area contributed by atoms with Crippen molar-refractivity contribution < 1.29 is 0 Å². The number of hydrogen-bond donors (Lipinski definition) is 2. The maximum absolute atomic E-state index is 5.64. The molecule has 0 amide bonds. The van der Waals surface area contributed by atoms with Gasteiger partial charge in [-0.2, -0.15) is 0 Å². The lowest BCUT2D eigenvalue weighted by atomic mass is 10.1. The average molecular weight is 246 g/mol. The number of nitrogens with two attached hydrogens (primary N) is 1. The molecular formula is C12H18N6. The molecular weight excluding hydrogens is 228 g/mol. The smallest absolute Gasteiger partial charge is 0.0773 e. The fraction of sp³-hybridized carbons (Fsp3) is 0.417. The van der Waals surface area contributed by atoms with Crippen LogP contribution in [0.1, 0.15) is 30.6 Å². The Balaban J connectivity index is 2.15. The van der Waals surface area contributed by atoms with Crippen LogP contribution >= 0.6 is 0 Å². The van der Waals surface area contributed by atoms with Crippen molar-refractivity contribution in [3.05, 3.63) is 42.0 Å². The van der Waals surface area contributed by atoms with E-state index in [4.69, 9.17) is 5.84 Å². The number of rotatable bonds is 6. The number of aryl methyl sites for hydroxylation is 1. The molecule has 0 saturated carbocycles. The van der Waals surface area contributed by atoms with E-state index in [0.29, 0.717) is 0 Å². The van der Waals surface area contributed by atoms with E-state index in [2.05, 4.69) is 27.6 Å². The van der Waals surface area contributed by atoms with Gasteiger partial charge in [0.15, 0.2) is 0 Å². The molecule has 2 aromatic heterocycles. The molecule has 0 saturated heterocycles. The lowest BCUT2D eigenvalue weighted by Gasteiger charge is -2.16. The highest BCUT2D eigenvalue weighted by Gasteiger charge is 2.16. The molecule has 0 aliphatic carbocycles. The van der Waals surface area contributed by atoms with Crippen LogP contribution in [0.2, 0.25) is 0 Å². The summed E-state index contributed by atoms with van der Waals surface area (Å²) in [6, 6.07) is 3.95. The molecule has 0 spiro atoms. The van der Waals surface area contributed by atoms with E-state index in [9.17, 15) is 0 Å². The van der Waals surface area contributed by atoms with Gasteiger partial charge in [-0.15, -0.1) is 5.10 Å². The summed E-state index contributed by atoms with van der Waals surface area (Å²) >= 11 is 0. The van der Waals surface area contributed by atoms with Gasteiger partial charge in [-0.1, -0.05) is 18.2 Å². The molecule has 0 fully saturated rings. The van der Waals surface area contributed by atoms with Crippen LogP contribution in [0.15, 0.2) is 30.7 Å². The standard InChI is InChI=1S/C12H18N6/c1-2-6-18-12(9-15-17-18)11(16-13)7-10-4-3-5-14-8-10/h3-5,8-9,11,16H,2,6-7,13H2,1H3.